The van der Waals surface area contributed by atoms with Crippen LogP contribution in [0, 0.1) is 6.92 Å². The number of dihydropyridines is 1. The number of fused-ring (bicyclic) bond motifs is 2. The zero-order valence-electron chi connectivity index (χ0n) is 33.8. The Morgan fingerprint density at radius 2 is 1.59 bits per heavy atom. The number of allylic oxidation sites excluding steroid dienone is 2. The number of ether oxygens (including phenoxy) is 1. The average Bonchev–Trinajstić information content (AvgIpc) is 3.26. The van der Waals surface area contributed by atoms with Crippen LogP contribution in [0.15, 0.2) is 139 Å². The first kappa shape index (κ1) is 40.6. The Morgan fingerprint density at radius 3 is 2.31 bits per heavy atom. The van der Waals surface area contributed by atoms with Crippen LogP contribution < -0.4 is 16.0 Å². The van der Waals surface area contributed by atoms with E-state index >= 15 is 0 Å². The number of hydrogen-bond donors (Lipinski definition) is 5. The van der Waals surface area contributed by atoms with Gasteiger partial charge in [-0.15, -0.1) is 0 Å². The molecule has 4 aromatic carbocycles. The number of hydrogen-bond acceptors (Lipinski definition) is 13. The summed E-state index contributed by atoms with van der Waals surface area (Å²) in [5.41, 5.74) is 4.06. The van der Waals surface area contributed by atoms with E-state index in [4.69, 9.17) is 9.72 Å². The normalized spacial score (nSPS) is 15.9. The number of phenols is 2. The van der Waals surface area contributed by atoms with Crippen LogP contribution in [-0.2, 0) is 14.6 Å². The maximum Gasteiger partial charge on any atom is 0.338 e. The van der Waals surface area contributed by atoms with Crippen LogP contribution in [0.4, 0.5) is 5.95 Å². The minimum absolute atomic E-state index is 0.0565. The first-order valence-corrected chi connectivity index (χ1v) is 21.5. The molecule has 0 bridgehead atoms. The lowest BCUT2D eigenvalue weighted by Gasteiger charge is -2.36. The number of pyridine rings is 2. The number of carbonyl (C=O) groups excluding carboxylic acids is 1. The summed E-state index contributed by atoms with van der Waals surface area (Å²) in [6.45, 7) is 5.83. The van der Waals surface area contributed by atoms with E-state index in [9.17, 15) is 23.4 Å². The number of aromatic nitrogens is 4. The Hall–Kier alpha value is -7.16. The second-order valence-electron chi connectivity index (χ2n) is 15.0. The number of carbonyl (C=O) groups is 1. The van der Waals surface area contributed by atoms with E-state index in [0.29, 0.717) is 61.4 Å². The van der Waals surface area contributed by atoms with Gasteiger partial charge < -0.3 is 25.6 Å². The summed E-state index contributed by atoms with van der Waals surface area (Å²) in [5, 5.41) is 35.6. The summed E-state index contributed by atoms with van der Waals surface area (Å²) < 4.78 is 32.3. The van der Waals surface area contributed by atoms with Crippen molar-refractivity contribution in [1.29, 1.82) is 0 Å². The highest BCUT2D eigenvalue weighted by atomic mass is 32.2. The minimum atomic E-state index is -3.82. The SMILES string of the molecule is CCOC(=O)c1ccc(C(Nc2ncccn2)c2cc(C)c3ccc(-c4ccc(S(C)(=O)=O)c(C(NC5(C)C=CC=CN5)c5ccc6cccnc6c5O)c4)nc3c2O)cc1. The van der Waals surface area contributed by atoms with Gasteiger partial charge in [-0.25, -0.2) is 28.2 Å². The fourth-order valence-corrected chi connectivity index (χ4v) is 8.58. The van der Waals surface area contributed by atoms with Crippen molar-refractivity contribution in [3.8, 4) is 22.8 Å². The molecule has 0 saturated carbocycles. The van der Waals surface area contributed by atoms with Crippen LogP contribution in [0.5, 0.6) is 11.5 Å². The molecule has 0 spiro atoms. The number of phenolic OH excluding ortho intramolecular Hbond substituents is 2. The van der Waals surface area contributed by atoms with Crippen LogP contribution in [0.3, 0.4) is 0 Å². The van der Waals surface area contributed by atoms with E-state index in [1.165, 1.54) is 0 Å². The molecule has 7 aromatic rings. The molecule has 3 aromatic heterocycles. The van der Waals surface area contributed by atoms with E-state index in [-0.39, 0.29) is 23.0 Å². The van der Waals surface area contributed by atoms with Crippen molar-refractivity contribution in [2.75, 3.05) is 18.2 Å². The van der Waals surface area contributed by atoms with Gasteiger partial charge in [0.15, 0.2) is 9.84 Å². The van der Waals surface area contributed by atoms with Gasteiger partial charge in [0.05, 0.1) is 34.8 Å². The molecule has 1 aliphatic heterocycles. The molecule has 0 fully saturated rings. The van der Waals surface area contributed by atoms with Gasteiger partial charge in [0, 0.05) is 52.3 Å². The summed E-state index contributed by atoms with van der Waals surface area (Å²) >= 11 is 0. The third kappa shape index (κ3) is 8.23. The van der Waals surface area contributed by atoms with Crippen molar-refractivity contribution >= 4 is 43.6 Å². The Balaban J connectivity index is 1.28. The molecule has 308 valence electrons. The quantitative estimate of drug-likeness (QED) is 0.0751. The summed E-state index contributed by atoms with van der Waals surface area (Å²) in [6.07, 6.45) is 13.4. The van der Waals surface area contributed by atoms with Crippen molar-refractivity contribution in [3.63, 3.8) is 0 Å². The number of nitrogens with one attached hydrogen (secondary N) is 3. The van der Waals surface area contributed by atoms with Gasteiger partial charge in [-0.3, -0.25) is 10.3 Å². The molecular formula is C47H43N7O6S. The van der Waals surface area contributed by atoms with Crippen molar-refractivity contribution < 1.29 is 28.2 Å². The van der Waals surface area contributed by atoms with Gasteiger partial charge in [-0.1, -0.05) is 48.5 Å². The molecule has 0 aliphatic carbocycles. The molecule has 13 nitrogen and oxygen atoms in total. The number of rotatable bonds is 12. The maximum absolute atomic E-state index is 13.6. The molecule has 3 unspecified atom stereocenters. The Kier molecular flexibility index (Phi) is 11.0. The lowest BCUT2D eigenvalue weighted by atomic mass is 9.92. The fraction of sp³-hybridized carbons (Fsp3) is 0.170. The van der Waals surface area contributed by atoms with E-state index in [0.717, 1.165) is 17.2 Å². The van der Waals surface area contributed by atoms with E-state index < -0.39 is 33.6 Å². The molecule has 5 N–H and O–H groups in total. The van der Waals surface area contributed by atoms with Crippen LogP contribution in [-0.4, -0.2) is 63.1 Å². The van der Waals surface area contributed by atoms with Crippen LogP contribution >= 0.6 is 0 Å². The molecule has 0 saturated heterocycles. The predicted octanol–water partition coefficient (Wildman–Crippen LogP) is 7.81. The van der Waals surface area contributed by atoms with Gasteiger partial charge >= 0.3 is 5.97 Å². The monoisotopic (exact) mass is 833 g/mol. The Labute approximate surface area is 352 Å². The molecule has 0 amide bonds. The van der Waals surface area contributed by atoms with E-state index in [2.05, 4.69) is 30.9 Å². The number of esters is 1. The highest BCUT2D eigenvalue weighted by Crippen LogP contribution is 2.42. The zero-order valence-corrected chi connectivity index (χ0v) is 34.6. The number of aryl methyl sites for hydroxylation is 1. The van der Waals surface area contributed by atoms with Crippen molar-refractivity contribution in [2.24, 2.45) is 0 Å². The lowest BCUT2D eigenvalue weighted by molar-refractivity contribution is 0.0526. The molecular weight excluding hydrogens is 791 g/mol. The van der Waals surface area contributed by atoms with Crippen molar-refractivity contribution in [3.05, 3.63) is 167 Å². The van der Waals surface area contributed by atoms with E-state index in [1.807, 2.05) is 62.4 Å². The third-order valence-corrected chi connectivity index (χ3v) is 11.8. The molecule has 0 radical (unpaired) electrons. The second-order valence-corrected chi connectivity index (χ2v) is 16.9. The minimum Gasteiger partial charge on any atom is -0.505 e. The Bertz CT molecular complexity index is 2980. The van der Waals surface area contributed by atoms with Crippen LogP contribution in [0.2, 0.25) is 0 Å². The fourth-order valence-electron chi connectivity index (χ4n) is 7.66. The summed E-state index contributed by atoms with van der Waals surface area (Å²) in [5.74, 6) is -0.307. The molecule has 1 aliphatic rings. The summed E-state index contributed by atoms with van der Waals surface area (Å²) in [7, 11) is -3.82. The average molecular weight is 834 g/mol. The molecule has 3 atom stereocenters. The largest absolute Gasteiger partial charge is 0.505 e. The number of anilines is 1. The number of nitrogens with zero attached hydrogens (tertiary/aromatic N) is 4. The van der Waals surface area contributed by atoms with Gasteiger partial charge in [0.25, 0.3) is 0 Å². The smallest absolute Gasteiger partial charge is 0.338 e. The second kappa shape index (κ2) is 16.5. The van der Waals surface area contributed by atoms with Crippen molar-refractivity contribution in [1.82, 2.24) is 30.6 Å². The predicted molar refractivity (Wildman–Crippen MR) is 235 cm³/mol. The maximum atomic E-state index is 13.6. The van der Waals surface area contributed by atoms with Crippen molar-refractivity contribution in [2.45, 2.75) is 43.4 Å². The number of sulfone groups is 1. The number of benzene rings is 4. The third-order valence-electron chi connectivity index (χ3n) is 10.7. The van der Waals surface area contributed by atoms with Crippen LogP contribution in [0.25, 0.3) is 33.1 Å². The molecule has 4 heterocycles. The topological polar surface area (TPSA) is 189 Å². The first-order chi connectivity index (χ1) is 29.3. The van der Waals surface area contributed by atoms with Gasteiger partial charge in [-0.2, -0.15) is 0 Å². The highest BCUT2D eigenvalue weighted by Gasteiger charge is 2.32. The lowest BCUT2D eigenvalue weighted by Crippen LogP contribution is -2.53. The Morgan fingerprint density at radius 1 is 0.836 bits per heavy atom. The van der Waals surface area contributed by atoms with Gasteiger partial charge in [-0.05, 0) is 104 Å². The van der Waals surface area contributed by atoms with Crippen LogP contribution in [0.1, 0.15) is 64.1 Å². The molecule has 8 rings (SSSR count). The van der Waals surface area contributed by atoms with Gasteiger partial charge in [0.2, 0.25) is 5.95 Å². The first-order valence-electron chi connectivity index (χ1n) is 19.6. The zero-order chi connectivity index (χ0) is 42.9. The summed E-state index contributed by atoms with van der Waals surface area (Å²) in [6, 6.07) is 24.8. The highest BCUT2D eigenvalue weighted by molar-refractivity contribution is 7.90. The molecule has 14 heteroatoms. The van der Waals surface area contributed by atoms with E-state index in [1.54, 1.807) is 92.4 Å². The van der Waals surface area contributed by atoms with Gasteiger partial charge in [0.1, 0.15) is 28.2 Å². The summed E-state index contributed by atoms with van der Waals surface area (Å²) in [4.78, 5) is 30.7. The standard InChI is InChI=1S/C47H43N7O6S/c1-5-60-45(57)31-13-11-30(12-14-31)39(53-46-49-23-9-24-50-46)36-26-28(2)33-18-19-37(52-42(33)44(36)56)32-16-20-38(61(4,58)59)35(27-32)41(54-47(3)21-6-7-25-51-47)34-17-15-29-10-8-22-48-40(29)43(34)55/h6-27,39,41,51,54-56H,5H2,1-4H3,(H,49,50,53). The number of aromatic hydroxyl groups is 2. The molecule has 61 heavy (non-hydrogen) atoms.